The second-order valence-electron chi connectivity index (χ2n) is 7.89. The Labute approximate surface area is 197 Å². The third kappa shape index (κ3) is 4.20. The SMILES string of the molecule is CCCc1ccc(-c2ccc(-c3noc(-c4c(-c5ccccc5Cl)noc4C)n3)cc2)cc1. The van der Waals surface area contributed by atoms with Gasteiger partial charge in [-0.1, -0.05) is 102 Å². The van der Waals surface area contributed by atoms with E-state index in [0.717, 1.165) is 29.5 Å². The summed E-state index contributed by atoms with van der Waals surface area (Å²) in [5.41, 5.74) is 6.52. The highest BCUT2D eigenvalue weighted by molar-refractivity contribution is 6.33. The molecule has 5 rings (SSSR count). The van der Waals surface area contributed by atoms with E-state index in [9.17, 15) is 0 Å². The Morgan fingerprint density at radius 1 is 0.788 bits per heavy atom. The molecule has 0 aliphatic heterocycles. The first kappa shape index (κ1) is 21.2. The first-order valence-corrected chi connectivity index (χ1v) is 11.3. The van der Waals surface area contributed by atoms with Crippen molar-refractivity contribution in [2.75, 3.05) is 0 Å². The van der Waals surface area contributed by atoms with Gasteiger partial charge in [-0.05, 0) is 36.1 Å². The van der Waals surface area contributed by atoms with Gasteiger partial charge in [0.25, 0.3) is 5.89 Å². The Balaban J connectivity index is 1.43. The van der Waals surface area contributed by atoms with Crippen LogP contribution in [0, 0.1) is 6.92 Å². The van der Waals surface area contributed by atoms with Crippen LogP contribution in [0.5, 0.6) is 0 Å². The predicted octanol–water partition coefficient (Wildman–Crippen LogP) is 7.64. The molecule has 0 unspecified atom stereocenters. The van der Waals surface area contributed by atoms with Crippen molar-refractivity contribution < 1.29 is 9.05 Å². The molecule has 0 bridgehead atoms. The molecule has 5 nitrogen and oxygen atoms in total. The van der Waals surface area contributed by atoms with Gasteiger partial charge in [0, 0.05) is 11.1 Å². The highest BCUT2D eigenvalue weighted by Crippen LogP contribution is 2.37. The summed E-state index contributed by atoms with van der Waals surface area (Å²) in [6.07, 6.45) is 2.25. The van der Waals surface area contributed by atoms with Crippen LogP contribution >= 0.6 is 11.6 Å². The first-order chi connectivity index (χ1) is 16.1. The molecule has 2 aromatic heterocycles. The summed E-state index contributed by atoms with van der Waals surface area (Å²) in [7, 11) is 0. The van der Waals surface area contributed by atoms with Gasteiger partial charge < -0.3 is 9.05 Å². The van der Waals surface area contributed by atoms with Gasteiger partial charge in [-0.3, -0.25) is 0 Å². The Bertz CT molecular complexity index is 1390. The van der Waals surface area contributed by atoms with E-state index in [1.807, 2.05) is 43.3 Å². The molecule has 0 amide bonds. The highest BCUT2D eigenvalue weighted by atomic mass is 35.5. The molecule has 5 aromatic rings. The number of halogens is 1. The van der Waals surface area contributed by atoms with Crippen LogP contribution in [-0.2, 0) is 6.42 Å². The minimum atomic E-state index is 0.342. The molecule has 0 atom stereocenters. The van der Waals surface area contributed by atoms with E-state index < -0.39 is 0 Å². The molecule has 164 valence electrons. The van der Waals surface area contributed by atoms with Gasteiger partial charge in [0.1, 0.15) is 17.0 Å². The zero-order valence-corrected chi connectivity index (χ0v) is 19.1. The summed E-state index contributed by atoms with van der Waals surface area (Å²) in [6.45, 7) is 4.01. The van der Waals surface area contributed by atoms with Crippen LogP contribution in [0.4, 0.5) is 0 Å². The lowest BCUT2D eigenvalue weighted by molar-refractivity contribution is 0.397. The van der Waals surface area contributed by atoms with E-state index >= 15 is 0 Å². The van der Waals surface area contributed by atoms with Crippen molar-refractivity contribution in [3.63, 3.8) is 0 Å². The fraction of sp³-hybridized carbons (Fsp3) is 0.148. The van der Waals surface area contributed by atoms with Crippen LogP contribution < -0.4 is 0 Å². The number of nitrogens with zero attached hydrogens (tertiary/aromatic N) is 3. The highest BCUT2D eigenvalue weighted by Gasteiger charge is 2.23. The van der Waals surface area contributed by atoms with Gasteiger partial charge in [0.15, 0.2) is 0 Å². The summed E-state index contributed by atoms with van der Waals surface area (Å²) in [4.78, 5) is 4.61. The van der Waals surface area contributed by atoms with Gasteiger partial charge >= 0.3 is 0 Å². The van der Waals surface area contributed by atoms with E-state index in [0.29, 0.717) is 33.8 Å². The largest absolute Gasteiger partial charge is 0.360 e. The average Bonchev–Trinajstić information content (AvgIpc) is 3.47. The Hall–Kier alpha value is -3.70. The number of aryl methyl sites for hydroxylation is 2. The quantitative estimate of drug-likeness (QED) is 0.263. The maximum absolute atomic E-state index is 6.37. The Morgan fingerprint density at radius 2 is 1.45 bits per heavy atom. The second kappa shape index (κ2) is 9.04. The molecule has 0 fully saturated rings. The van der Waals surface area contributed by atoms with Crippen molar-refractivity contribution in [3.05, 3.63) is 89.1 Å². The normalized spacial score (nSPS) is 11.1. The molecule has 33 heavy (non-hydrogen) atoms. The molecular weight excluding hydrogens is 434 g/mol. The van der Waals surface area contributed by atoms with Crippen molar-refractivity contribution in [1.29, 1.82) is 0 Å². The third-order valence-corrected chi connectivity index (χ3v) is 5.93. The molecule has 3 aromatic carbocycles. The molecule has 0 saturated carbocycles. The van der Waals surface area contributed by atoms with Crippen molar-refractivity contribution in [1.82, 2.24) is 15.3 Å². The number of benzene rings is 3. The van der Waals surface area contributed by atoms with Crippen LogP contribution in [-0.4, -0.2) is 15.3 Å². The maximum atomic E-state index is 6.37. The molecule has 0 radical (unpaired) electrons. The summed E-state index contributed by atoms with van der Waals surface area (Å²) >= 11 is 6.37. The van der Waals surface area contributed by atoms with Gasteiger partial charge in [-0.25, -0.2) is 0 Å². The van der Waals surface area contributed by atoms with Gasteiger partial charge in [0.2, 0.25) is 5.82 Å². The minimum Gasteiger partial charge on any atom is -0.360 e. The van der Waals surface area contributed by atoms with Crippen LogP contribution in [0.15, 0.2) is 81.8 Å². The first-order valence-electron chi connectivity index (χ1n) is 10.9. The van der Waals surface area contributed by atoms with Gasteiger partial charge in [-0.15, -0.1) is 0 Å². The number of hydrogen-bond donors (Lipinski definition) is 0. The molecule has 0 aliphatic carbocycles. The van der Waals surface area contributed by atoms with Crippen LogP contribution in [0.25, 0.3) is 45.2 Å². The maximum Gasteiger partial charge on any atom is 0.264 e. The number of rotatable bonds is 6. The van der Waals surface area contributed by atoms with E-state index in [4.69, 9.17) is 20.6 Å². The van der Waals surface area contributed by atoms with Crippen molar-refractivity contribution >= 4 is 11.6 Å². The lowest BCUT2D eigenvalue weighted by Crippen LogP contribution is -1.86. The molecule has 0 N–H and O–H groups in total. The molecular formula is C27H22ClN3O2. The summed E-state index contributed by atoms with van der Waals surface area (Å²) in [5.74, 6) is 1.43. The standard InChI is InChI=1S/C27H22ClN3O2/c1-3-6-18-9-11-19(12-10-18)20-13-15-21(16-14-20)26-29-27(33-31-26)24-17(2)32-30-25(24)22-7-4-5-8-23(22)28/h4-5,7-16H,3,6H2,1-2H3. The smallest absolute Gasteiger partial charge is 0.264 e. The number of aromatic nitrogens is 3. The van der Waals surface area contributed by atoms with Crippen LogP contribution in [0.1, 0.15) is 24.7 Å². The van der Waals surface area contributed by atoms with E-state index in [1.165, 1.54) is 11.1 Å². The second-order valence-corrected chi connectivity index (χ2v) is 8.30. The van der Waals surface area contributed by atoms with Crippen molar-refractivity contribution in [2.24, 2.45) is 0 Å². The van der Waals surface area contributed by atoms with Crippen molar-refractivity contribution in [3.8, 4) is 45.2 Å². The summed E-state index contributed by atoms with van der Waals surface area (Å²) in [5, 5.41) is 8.94. The fourth-order valence-electron chi connectivity index (χ4n) is 3.87. The Morgan fingerprint density at radius 3 is 2.15 bits per heavy atom. The monoisotopic (exact) mass is 455 g/mol. The lowest BCUT2D eigenvalue weighted by Gasteiger charge is -2.04. The van der Waals surface area contributed by atoms with Gasteiger partial charge in [0.05, 0.1) is 5.02 Å². The molecule has 0 aliphatic rings. The third-order valence-electron chi connectivity index (χ3n) is 5.60. The average molecular weight is 456 g/mol. The molecule has 6 heteroatoms. The number of hydrogen-bond acceptors (Lipinski definition) is 5. The summed E-state index contributed by atoms with van der Waals surface area (Å²) < 4.78 is 11.0. The zero-order chi connectivity index (χ0) is 22.8. The van der Waals surface area contributed by atoms with Crippen LogP contribution in [0.2, 0.25) is 5.02 Å². The van der Waals surface area contributed by atoms with E-state index in [1.54, 1.807) is 0 Å². The molecule has 0 saturated heterocycles. The molecule has 0 spiro atoms. The summed E-state index contributed by atoms with van der Waals surface area (Å²) in [6, 6.07) is 24.3. The van der Waals surface area contributed by atoms with E-state index in [-0.39, 0.29) is 0 Å². The van der Waals surface area contributed by atoms with Gasteiger partial charge in [-0.2, -0.15) is 4.98 Å². The predicted molar refractivity (Wildman–Crippen MR) is 130 cm³/mol. The topological polar surface area (TPSA) is 65.0 Å². The lowest BCUT2D eigenvalue weighted by atomic mass is 10.0. The molecule has 2 heterocycles. The minimum absolute atomic E-state index is 0.342. The van der Waals surface area contributed by atoms with Crippen molar-refractivity contribution in [2.45, 2.75) is 26.7 Å². The fourth-order valence-corrected chi connectivity index (χ4v) is 4.09. The Kier molecular flexibility index (Phi) is 5.80. The van der Waals surface area contributed by atoms with Crippen LogP contribution in [0.3, 0.4) is 0 Å². The van der Waals surface area contributed by atoms with E-state index in [2.05, 4.69) is 58.6 Å². The zero-order valence-electron chi connectivity index (χ0n) is 18.4.